The summed E-state index contributed by atoms with van der Waals surface area (Å²) >= 11 is 0. The third-order valence-corrected chi connectivity index (χ3v) is 6.92. The standard InChI is InChI=1S/C32H48N6O6/c1-23(29(39)27-25(17-15-21-35-27)43-31(41)37(3)4)33-19-13-11-9-7-8-10-12-14-20-34-24(2)30(40)28-26(18-16-22-36-28)44-32(42)38(5)6/h15-18,21-24,33-34H,7-14,19-20H2,1-6H3. The Bertz CT molecular complexity index is 1130. The first-order valence-electron chi connectivity index (χ1n) is 15.3. The first-order valence-corrected chi connectivity index (χ1v) is 15.3. The molecule has 2 heterocycles. The molecule has 12 heteroatoms. The summed E-state index contributed by atoms with van der Waals surface area (Å²) < 4.78 is 10.6. The van der Waals surface area contributed by atoms with Crippen molar-refractivity contribution in [3.63, 3.8) is 0 Å². The van der Waals surface area contributed by atoms with Crippen molar-refractivity contribution in [1.29, 1.82) is 0 Å². The smallest absolute Gasteiger partial charge is 0.408 e. The van der Waals surface area contributed by atoms with Crippen molar-refractivity contribution in [2.45, 2.75) is 77.3 Å². The Labute approximate surface area is 260 Å². The van der Waals surface area contributed by atoms with Crippen LogP contribution in [-0.2, 0) is 0 Å². The number of aromatic nitrogens is 2. The van der Waals surface area contributed by atoms with Crippen LogP contribution in [0.4, 0.5) is 9.59 Å². The topological polar surface area (TPSA) is 143 Å². The van der Waals surface area contributed by atoms with Gasteiger partial charge < -0.3 is 29.9 Å². The van der Waals surface area contributed by atoms with E-state index in [1.807, 2.05) is 0 Å². The summed E-state index contributed by atoms with van der Waals surface area (Å²) in [6.45, 7) is 5.01. The van der Waals surface area contributed by atoms with Gasteiger partial charge in [-0.3, -0.25) is 9.59 Å². The Hall–Kier alpha value is -3.90. The first-order chi connectivity index (χ1) is 21.0. The van der Waals surface area contributed by atoms with E-state index in [-0.39, 0.29) is 34.5 Å². The van der Waals surface area contributed by atoms with Crippen molar-refractivity contribution in [2.24, 2.45) is 0 Å². The van der Waals surface area contributed by atoms with Crippen molar-refractivity contribution >= 4 is 23.8 Å². The van der Waals surface area contributed by atoms with E-state index in [9.17, 15) is 19.2 Å². The molecule has 0 aliphatic carbocycles. The molecular formula is C32H48N6O6. The molecule has 0 saturated heterocycles. The monoisotopic (exact) mass is 612 g/mol. The van der Waals surface area contributed by atoms with Crippen molar-refractivity contribution in [1.82, 2.24) is 30.4 Å². The van der Waals surface area contributed by atoms with Crippen molar-refractivity contribution in [2.75, 3.05) is 41.3 Å². The highest BCUT2D eigenvalue weighted by Gasteiger charge is 2.23. The molecule has 2 unspecified atom stereocenters. The van der Waals surface area contributed by atoms with Crippen LogP contribution in [0, 0.1) is 0 Å². The molecule has 0 aromatic carbocycles. The number of ether oxygens (including phenoxy) is 2. The third-order valence-electron chi connectivity index (χ3n) is 6.92. The van der Waals surface area contributed by atoms with Crippen LogP contribution in [0.15, 0.2) is 36.7 Å². The summed E-state index contributed by atoms with van der Waals surface area (Å²) in [7, 11) is 6.30. The Morgan fingerprint density at radius 2 is 0.977 bits per heavy atom. The number of ketones is 2. The van der Waals surface area contributed by atoms with E-state index in [1.54, 1.807) is 66.3 Å². The SMILES string of the molecule is CC(NCCCCCCCCCCNC(C)C(=O)c1ncccc1OC(=O)N(C)C)C(=O)c1ncccc1OC(=O)N(C)C. The quantitative estimate of drug-likeness (QED) is 0.169. The molecule has 0 radical (unpaired) electrons. The molecule has 2 N–H and O–H groups in total. The maximum absolute atomic E-state index is 12.9. The number of rotatable bonds is 19. The molecule has 242 valence electrons. The van der Waals surface area contributed by atoms with Crippen LogP contribution in [-0.4, -0.2) is 96.9 Å². The van der Waals surface area contributed by atoms with Gasteiger partial charge in [0, 0.05) is 40.6 Å². The molecular weight excluding hydrogens is 564 g/mol. The molecule has 2 amide bonds. The number of Topliss-reactive ketones (excluding diaryl/α,β-unsaturated/α-hetero) is 2. The van der Waals surface area contributed by atoms with Gasteiger partial charge in [0.25, 0.3) is 0 Å². The summed E-state index contributed by atoms with van der Waals surface area (Å²) in [4.78, 5) is 60.4. The molecule has 0 fully saturated rings. The lowest BCUT2D eigenvalue weighted by molar-refractivity contribution is 0.0934. The predicted octanol–water partition coefficient (Wildman–Crippen LogP) is 4.74. The second-order valence-corrected chi connectivity index (χ2v) is 11.1. The van der Waals surface area contributed by atoms with E-state index < -0.39 is 24.3 Å². The number of pyridine rings is 2. The summed E-state index contributed by atoms with van der Waals surface area (Å²) in [6.07, 6.45) is 10.5. The summed E-state index contributed by atoms with van der Waals surface area (Å²) in [5.74, 6) is -0.113. The number of nitrogens with one attached hydrogen (secondary N) is 2. The lowest BCUT2D eigenvalue weighted by atomic mass is 10.1. The van der Waals surface area contributed by atoms with Crippen molar-refractivity contribution in [3.05, 3.63) is 48.0 Å². The van der Waals surface area contributed by atoms with Gasteiger partial charge in [-0.25, -0.2) is 19.6 Å². The molecule has 12 nitrogen and oxygen atoms in total. The van der Waals surface area contributed by atoms with Crippen LogP contribution in [0.3, 0.4) is 0 Å². The van der Waals surface area contributed by atoms with Gasteiger partial charge in [0.15, 0.2) is 22.9 Å². The van der Waals surface area contributed by atoms with Gasteiger partial charge in [-0.05, 0) is 64.0 Å². The maximum Gasteiger partial charge on any atom is 0.414 e. The Balaban J connectivity index is 1.56. The number of carbonyl (C=O) groups excluding carboxylic acids is 4. The van der Waals surface area contributed by atoms with E-state index in [4.69, 9.17) is 9.47 Å². The normalized spacial score (nSPS) is 12.2. The highest BCUT2D eigenvalue weighted by atomic mass is 16.6. The third kappa shape index (κ3) is 12.4. The van der Waals surface area contributed by atoms with Crippen LogP contribution in [0.5, 0.6) is 11.5 Å². The minimum atomic E-state index is -0.562. The van der Waals surface area contributed by atoms with Gasteiger partial charge >= 0.3 is 12.2 Å². The van der Waals surface area contributed by atoms with E-state index in [2.05, 4.69) is 20.6 Å². The Kier molecular flexibility index (Phi) is 16.0. The van der Waals surface area contributed by atoms with E-state index in [1.165, 1.54) is 22.2 Å². The second kappa shape index (κ2) is 19.4. The zero-order chi connectivity index (χ0) is 32.5. The van der Waals surface area contributed by atoms with E-state index in [0.29, 0.717) is 13.1 Å². The van der Waals surface area contributed by atoms with Gasteiger partial charge in [-0.15, -0.1) is 0 Å². The molecule has 2 atom stereocenters. The van der Waals surface area contributed by atoms with Crippen LogP contribution < -0.4 is 20.1 Å². The minimum Gasteiger partial charge on any atom is -0.408 e. The molecule has 2 aromatic heterocycles. The van der Waals surface area contributed by atoms with Gasteiger partial charge in [0.1, 0.15) is 0 Å². The largest absolute Gasteiger partial charge is 0.414 e. The zero-order valence-corrected chi connectivity index (χ0v) is 26.9. The number of unbranched alkanes of at least 4 members (excludes halogenated alkanes) is 7. The summed E-state index contributed by atoms with van der Waals surface area (Å²) in [5, 5.41) is 6.51. The average Bonchev–Trinajstić information content (AvgIpc) is 3.00. The number of hydrogen-bond acceptors (Lipinski definition) is 10. The van der Waals surface area contributed by atoms with Crippen molar-refractivity contribution < 1.29 is 28.7 Å². The fourth-order valence-electron chi connectivity index (χ4n) is 4.23. The first kappa shape index (κ1) is 36.3. The van der Waals surface area contributed by atoms with Crippen LogP contribution in [0.1, 0.15) is 86.2 Å². The van der Waals surface area contributed by atoms with Crippen LogP contribution in [0.25, 0.3) is 0 Å². The summed E-state index contributed by atoms with van der Waals surface area (Å²) in [5.41, 5.74) is 0.286. The molecule has 0 aliphatic heterocycles. The summed E-state index contributed by atoms with van der Waals surface area (Å²) in [6, 6.07) is 5.50. The maximum atomic E-state index is 12.9. The highest BCUT2D eigenvalue weighted by Crippen LogP contribution is 2.19. The Morgan fingerprint density at radius 3 is 1.32 bits per heavy atom. The zero-order valence-electron chi connectivity index (χ0n) is 26.9. The number of hydrogen-bond donors (Lipinski definition) is 2. The van der Waals surface area contributed by atoms with Crippen LogP contribution >= 0.6 is 0 Å². The molecule has 0 aliphatic rings. The number of amides is 2. The van der Waals surface area contributed by atoms with Crippen molar-refractivity contribution in [3.8, 4) is 11.5 Å². The highest BCUT2D eigenvalue weighted by molar-refractivity contribution is 6.01. The fraction of sp³-hybridized carbons (Fsp3) is 0.562. The minimum absolute atomic E-state index is 0.143. The number of carbonyl (C=O) groups is 4. The number of nitrogens with zero attached hydrogens (tertiary/aromatic N) is 4. The molecule has 44 heavy (non-hydrogen) atoms. The van der Waals surface area contributed by atoms with Gasteiger partial charge in [0.2, 0.25) is 11.6 Å². The fourth-order valence-corrected chi connectivity index (χ4v) is 4.23. The molecule has 0 bridgehead atoms. The molecule has 2 rings (SSSR count). The molecule has 2 aromatic rings. The van der Waals surface area contributed by atoms with Gasteiger partial charge in [-0.1, -0.05) is 38.5 Å². The predicted molar refractivity (Wildman–Crippen MR) is 168 cm³/mol. The van der Waals surface area contributed by atoms with E-state index >= 15 is 0 Å². The van der Waals surface area contributed by atoms with Gasteiger partial charge in [-0.2, -0.15) is 0 Å². The molecule has 0 saturated carbocycles. The molecule has 0 spiro atoms. The van der Waals surface area contributed by atoms with Gasteiger partial charge in [0.05, 0.1) is 12.1 Å². The lowest BCUT2D eigenvalue weighted by Crippen LogP contribution is -2.35. The Morgan fingerprint density at radius 1 is 0.636 bits per heavy atom. The van der Waals surface area contributed by atoms with Crippen LogP contribution in [0.2, 0.25) is 0 Å². The second-order valence-electron chi connectivity index (χ2n) is 11.1. The average molecular weight is 613 g/mol. The van der Waals surface area contributed by atoms with E-state index in [0.717, 1.165) is 51.4 Å². The lowest BCUT2D eigenvalue weighted by Gasteiger charge is -2.16.